The van der Waals surface area contributed by atoms with Crippen LogP contribution < -0.4 is 5.32 Å². The van der Waals surface area contributed by atoms with Gasteiger partial charge in [0, 0.05) is 25.3 Å². The molecule has 1 amide bonds. The summed E-state index contributed by atoms with van der Waals surface area (Å²) in [7, 11) is 0. The molecular weight excluding hydrogens is 326 g/mol. The van der Waals surface area contributed by atoms with Crippen molar-refractivity contribution in [2.45, 2.75) is 39.2 Å². The number of piperidine rings is 1. The lowest BCUT2D eigenvalue weighted by molar-refractivity contribution is 0.0917. The quantitative estimate of drug-likeness (QED) is 0.849. The summed E-state index contributed by atoms with van der Waals surface area (Å²) in [6.45, 7) is 5.53. The number of rotatable bonds is 5. The van der Waals surface area contributed by atoms with Crippen molar-refractivity contribution in [2.24, 2.45) is 5.92 Å². The maximum Gasteiger partial charge on any atom is 0.407 e. The minimum absolute atomic E-state index is 0.0283. The number of anilines is 1. The molecule has 0 radical (unpaired) electrons. The monoisotopic (exact) mass is 353 g/mol. The molecule has 26 heavy (non-hydrogen) atoms. The molecule has 5 heteroatoms. The van der Waals surface area contributed by atoms with Crippen LogP contribution in [0, 0.1) is 19.8 Å². The lowest BCUT2D eigenvalue weighted by Gasteiger charge is -2.38. The van der Waals surface area contributed by atoms with Crippen LogP contribution in [-0.2, 0) is 6.42 Å². The lowest BCUT2D eigenvalue weighted by atomic mass is 9.87. The van der Waals surface area contributed by atoms with E-state index in [4.69, 9.17) is 0 Å². The van der Waals surface area contributed by atoms with Crippen molar-refractivity contribution in [3.05, 3.63) is 59.3 Å². The fourth-order valence-electron chi connectivity index (χ4n) is 3.67. The molecule has 3 rings (SSSR count). The van der Waals surface area contributed by atoms with E-state index in [9.17, 15) is 9.90 Å². The molecular formula is C21H27N3O2. The normalized spacial score (nSPS) is 20.0. The molecule has 2 aromatic rings. The van der Waals surface area contributed by atoms with Crippen molar-refractivity contribution in [1.29, 1.82) is 0 Å². The zero-order valence-electron chi connectivity index (χ0n) is 15.5. The average molecular weight is 353 g/mol. The van der Waals surface area contributed by atoms with Gasteiger partial charge in [-0.1, -0.05) is 35.9 Å². The van der Waals surface area contributed by atoms with Gasteiger partial charge in [0.15, 0.2) is 0 Å². The van der Waals surface area contributed by atoms with Crippen molar-refractivity contribution in [2.75, 3.05) is 18.4 Å². The molecule has 1 fully saturated rings. The second-order valence-corrected chi connectivity index (χ2v) is 7.26. The maximum atomic E-state index is 11.6. The molecule has 2 heterocycles. The number of hydrogen-bond acceptors (Lipinski definition) is 3. The third-order valence-corrected chi connectivity index (χ3v) is 5.23. The van der Waals surface area contributed by atoms with Gasteiger partial charge < -0.3 is 15.3 Å². The highest BCUT2D eigenvalue weighted by Crippen LogP contribution is 2.26. The number of likely N-dealkylation sites (tertiary alicyclic amines) is 1. The molecule has 2 unspecified atom stereocenters. The number of hydrogen-bond donors (Lipinski definition) is 2. The zero-order chi connectivity index (χ0) is 18.5. The molecule has 1 aromatic heterocycles. The van der Waals surface area contributed by atoms with E-state index in [2.05, 4.69) is 41.5 Å². The fraction of sp³-hybridized carbons (Fsp3) is 0.429. The number of nitrogens with one attached hydrogen (secondary N) is 1. The van der Waals surface area contributed by atoms with E-state index in [0.29, 0.717) is 12.5 Å². The van der Waals surface area contributed by atoms with Crippen molar-refractivity contribution >= 4 is 11.9 Å². The van der Waals surface area contributed by atoms with Crippen molar-refractivity contribution in [1.82, 2.24) is 9.88 Å². The Morgan fingerprint density at radius 2 is 2.04 bits per heavy atom. The van der Waals surface area contributed by atoms with Gasteiger partial charge in [-0.05, 0) is 56.2 Å². The number of aryl methyl sites for hydroxylation is 2. The van der Waals surface area contributed by atoms with E-state index in [1.165, 1.54) is 11.1 Å². The summed E-state index contributed by atoms with van der Waals surface area (Å²) in [5.41, 5.74) is 3.55. The van der Waals surface area contributed by atoms with Crippen LogP contribution >= 0.6 is 0 Å². The fourth-order valence-corrected chi connectivity index (χ4v) is 3.67. The molecule has 2 atom stereocenters. The van der Waals surface area contributed by atoms with Crippen LogP contribution in [0.1, 0.15) is 29.5 Å². The molecule has 0 saturated carbocycles. The highest BCUT2D eigenvalue weighted by atomic mass is 16.4. The first-order valence-corrected chi connectivity index (χ1v) is 9.23. The summed E-state index contributed by atoms with van der Waals surface area (Å²) in [5.74, 6) is 1.37. The smallest absolute Gasteiger partial charge is 0.407 e. The summed E-state index contributed by atoms with van der Waals surface area (Å²) in [6, 6.07) is 12.4. The van der Waals surface area contributed by atoms with Gasteiger partial charge in [0.25, 0.3) is 0 Å². The van der Waals surface area contributed by atoms with Crippen LogP contribution in [-0.4, -0.2) is 40.2 Å². The van der Waals surface area contributed by atoms with E-state index in [1.807, 2.05) is 19.1 Å². The number of aromatic nitrogens is 1. The maximum absolute atomic E-state index is 11.6. The molecule has 1 aromatic carbocycles. The minimum Gasteiger partial charge on any atom is -0.465 e. The Hall–Kier alpha value is -2.56. The highest BCUT2D eigenvalue weighted by molar-refractivity contribution is 5.65. The third-order valence-electron chi connectivity index (χ3n) is 5.23. The molecule has 1 aliphatic heterocycles. The molecule has 5 nitrogen and oxygen atoms in total. The molecule has 138 valence electrons. The predicted molar refractivity (Wildman–Crippen MR) is 104 cm³/mol. The Bertz CT molecular complexity index is 745. The van der Waals surface area contributed by atoms with E-state index in [0.717, 1.165) is 37.2 Å². The minimum atomic E-state index is -0.811. The van der Waals surface area contributed by atoms with Crippen molar-refractivity contribution < 1.29 is 9.90 Å². The largest absolute Gasteiger partial charge is 0.465 e. The van der Waals surface area contributed by atoms with E-state index in [1.54, 1.807) is 11.1 Å². The predicted octanol–water partition coefficient (Wildman–Crippen LogP) is 4.11. The van der Waals surface area contributed by atoms with Crippen molar-refractivity contribution in [3.8, 4) is 0 Å². The van der Waals surface area contributed by atoms with E-state index >= 15 is 0 Å². The molecule has 1 aliphatic rings. The highest BCUT2D eigenvalue weighted by Gasteiger charge is 2.31. The second kappa shape index (κ2) is 8.21. The van der Waals surface area contributed by atoms with Crippen LogP contribution in [0.4, 0.5) is 10.6 Å². The van der Waals surface area contributed by atoms with Gasteiger partial charge in [0.2, 0.25) is 0 Å². The van der Waals surface area contributed by atoms with Crippen LogP contribution in [0.5, 0.6) is 0 Å². The van der Waals surface area contributed by atoms with Gasteiger partial charge in [0.1, 0.15) is 5.82 Å². The second-order valence-electron chi connectivity index (χ2n) is 7.26. The summed E-state index contributed by atoms with van der Waals surface area (Å²) >= 11 is 0. The topological polar surface area (TPSA) is 65.5 Å². The standard InChI is InChI=1S/C21H27N3O2/c1-15-5-7-17(8-6-15)12-19-13-18(9-11-24(19)21(25)26)14-23-20-16(2)4-3-10-22-20/h3-8,10,18-19H,9,11-14H2,1-2H3,(H,22,23)(H,25,26). The van der Waals surface area contributed by atoms with Crippen LogP contribution in [0.15, 0.2) is 42.6 Å². The number of amides is 1. The number of carboxylic acid groups (broad SMARTS) is 1. The molecule has 0 aliphatic carbocycles. The van der Waals surface area contributed by atoms with Gasteiger partial charge in [0.05, 0.1) is 0 Å². The molecule has 0 bridgehead atoms. The van der Waals surface area contributed by atoms with Gasteiger partial charge in [-0.3, -0.25) is 0 Å². The van der Waals surface area contributed by atoms with Gasteiger partial charge in [-0.2, -0.15) is 0 Å². The Morgan fingerprint density at radius 3 is 2.73 bits per heavy atom. The number of benzene rings is 1. The summed E-state index contributed by atoms with van der Waals surface area (Å²) in [4.78, 5) is 17.6. The number of pyridine rings is 1. The van der Waals surface area contributed by atoms with Gasteiger partial charge >= 0.3 is 6.09 Å². The number of nitrogens with zero attached hydrogens (tertiary/aromatic N) is 2. The number of carbonyl (C=O) groups is 1. The first kappa shape index (κ1) is 18.2. The first-order valence-electron chi connectivity index (χ1n) is 9.23. The Balaban J connectivity index is 1.64. The summed E-state index contributed by atoms with van der Waals surface area (Å²) in [6.07, 6.45) is 3.51. The lowest BCUT2D eigenvalue weighted by Crippen LogP contribution is -2.47. The van der Waals surface area contributed by atoms with Crippen LogP contribution in [0.2, 0.25) is 0 Å². The van der Waals surface area contributed by atoms with Crippen molar-refractivity contribution in [3.63, 3.8) is 0 Å². The Kier molecular flexibility index (Phi) is 5.76. The molecule has 1 saturated heterocycles. The van der Waals surface area contributed by atoms with Gasteiger partial charge in [-0.15, -0.1) is 0 Å². The average Bonchev–Trinajstić information content (AvgIpc) is 2.63. The first-order chi connectivity index (χ1) is 12.5. The third kappa shape index (κ3) is 4.54. The molecule has 2 N–H and O–H groups in total. The Morgan fingerprint density at radius 1 is 1.27 bits per heavy atom. The van der Waals surface area contributed by atoms with Crippen LogP contribution in [0.25, 0.3) is 0 Å². The SMILES string of the molecule is Cc1ccc(CC2CC(CNc3ncccc3C)CCN2C(=O)O)cc1. The molecule has 0 spiro atoms. The Labute approximate surface area is 155 Å². The summed E-state index contributed by atoms with van der Waals surface area (Å²) in [5, 5.41) is 13.0. The van der Waals surface area contributed by atoms with Gasteiger partial charge in [-0.25, -0.2) is 9.78 Å². The van der Waals surface area contributed by atoms with E-state index in [-0.39, 0.29) is 6.04 Å². The summed E-state index contributed by atoms with van der Waals surface area (Å²) < 4.78 is 0. The van der Waals surface area contributed by atoms with Crippen LogP contribution in [0.3, 0.4) is 0 Å². The zero-order valence-corrected chi connectivity index (χ0v) is 15.5. The van der Waals surface area contributed by atoms with E-state index < -0.39 is 6.09 Å².